The first kappa shape index (κ1) is 11.3. The zero-order valence-electron chi connectivity index (χ0n) is 9.75. The van der Waals surface area contributed by atoms with Crippen molar-refractivity contribution in [2.75, 3.05) is 5.73 Å². The predicted octanol–water partition coefficient (Wildman–Crippen LogP) is 3.87. The van der Waals surface area contributed by atoms with Crippen LogP contribution in [0.15, 0.2) is 34.8 Å². The Kier molecular flexibility index (Phi) is 2.41. The molecule has 0 aliphatic carbocycles. The van der Waals surface area contributed by atoms with Crippen LogP contribution in [0.3, 0.4) is 0 Å². The quantitative estimate of drug-likeness (QED) is 0.529. The highest BCUT2D eigenvalue weighted by atomic mass is 79.9. The van der Waals surface area contributed by atoms with Gasteiger partial charge in [0.1, 0.15) is 0 Å². The van der Waals surface area contributed by atoms with E-state index < -0.39 is 0 Å². The van der Waals surface area contributed by atoms with Gasteiger partial charge in [-0.2, -0.15) is 0 Å². The summed E-state index contributed by atoms with van der Waals surface area (Å²) in [6, 6.07) is 9.57. The molecule has 3 N–H and O–H groups in total. The van der Waals surface area contributed by atoms with Crippen molar-refractivity contribution < 1.29 is 4.79 Å². The number of aromatic amines is 1. The maximum atomic E-state index is 11.7. The molecular formula is C14H11BrN2O. The average molecular weight is 303 g/mol. The van der Waals surface area contributed by atoms with Gasteiger partial charge in [0, 0.05) is 32.0 Å². The molecule has 1 heterocycles. The van der Waals surface area contributed by atoms with Crippen molar-refractivity contribution in [3.8, 4) is 0 Å². The molecule has 0 atom stereocenters. The Morgan fingerprint density at radius 2 is 2.00 bits per heavy atom. The first-order valence-electron chi connectivity index (χ1n) is 5.57. The van der Waals surface area contributed by atoms with E-state index in [9.17, 15) is 4.79 Å². The van der Waals surface area contributed by atoms with Crippen LogP contribution in [0.1, 0.15) is 17.3 Å². The number of rotatable bonds is 1. The summed E-state index contributed by atoms with van der Waals surface area (Å²) in [6.45, 7) is 1.57. The minimum atomic E-state index is 0.0424. The van der Waals surface area contributed by atoms with Crippen LogP contribution in [-0.2, 0) is 0 Å². The van der Waals surface area contributed by atoms with E-state index in [0.29, 0.717) is 11.3 Å². The lowest BCUT2D eigenvalue weighted by molar-refractivity contribution is 0.101. The summed E-state index contributed by atoms with van der Waals surface area (Å²) in [7, 11) is 0. The molecule has 3 aromatic rings. The molecule has 0 unspecified atom stereocenters. The molecule has 3 rings (SSSR count). The molecule has 0 aliphatic heterocycles. The third-order valence-corrected chi connectivity index (χ3v) is 3.53. The van der Waals surface area contributed by atoms with Crippen LogP contribution in [-0.4, -0.2) is 10.8 Å². The van der Waals surface area contributed by atoms with E-state index in [0.717, 1.165) is 26.3 Å². The minimum Gasteiger partial charge on any atom is -0.399 e. The maximum absolute atomic E-state index is 11.7. The van der Waals surface area contributed by atoms with Crippen molar-refractivity contribution in [2.24, 2.45) is 0 Å². The number of aromatic nitrogens is 1. The SMILES string of the molecule is CC(=O)c1cc(Br)cc2c1[nH]c1cc(N)ccc12. The highest BCUT2D eigenvalue weighted by molar-refractivity contribution is 9.10. The summed E-state index contributed by atoms with van der Waals surface area (Å²) in [5, 5.41) is 2.10. The number of benzene rings is 2. The number of carbonyl (C=O) groups excluding carboxylic acids is 1. The molecule has 0 saturated heterocycles. The topological polar surface area (TPSA) is 58.9 Å². The average Bonchev–Trinajstić information content (AvgIpc) is 2.65. The fraction of sp³-hybridized carbons (Fsp3) is 0.0714. The predicted molar refractivity (Wildman–Crippen MR) is 77.9 cm³/mol. The zero-order chi connectivity index (χ0) is 12.9. The minimum absolute atomic E-state index is 0.0424. The Balaban J connectivity index is 2.52. The molecule has 2 aromatic carbocycles. The van der Waals surface area contributed by atoms with Gasteiger partial charge in [-0.15, -0.1) is 0 Å². The molecule has 4 heteroatoms. The van der Waals surface area contributed by atoms with Gasteiger partial charge in [0.25, 0.3) is 0 Å². The van der Waals surface area contributed by atoms with E-state index in [-0.39, 0.29) is 5.78 Å². The highest BCUT2D eigenvalue weighted by Crippen LogP contribution is 2.31. The molecule has 0 bridgehead atoms. The van der Waals surface area contributed by atoms with Crippen LogP contribution >= 0.6 is 15.9 Å². The lowest BCUT2D eigenvalue weighted by Gasteiger charge is -2.00. The fourth-order valence-corrected chi connectivity index (χ4v) is 2.72. The molecule has 0 amide bonds. The van der Waals surface area contributed by atoms with Gasteiger partial charge in [-0.05, 0) is 31.2 Å². The van der Waals surface area contributed by atoms with Gasteiger partial charge in [-0.3, -0.25) is 4.79 Å². The number of ketones is 1. The third kappa shape index (κ3) is 1.61. The highest BCUT2D eigenvalue weighted by Gasteiger charge is 2.12. The second-order valence-corrected chi connectivity index (χ2v) is 5.28. The zero-order valence-corrected chi connectivity index (χ0v) is 11.3. The molecular weight excluding hydrogens is 292 g/mol. The Bertz CT molecular complexity index is 789. The summed E-state index contributed by atoms with van der Waals surface area (Å²) < 4.78 is 0.901. The number of nitrogen functional groups attached to an aromatic ring is 1. The van der Waals surface area contributed by atoms with Crippen molar-refractivity contribution >= 4 is 49.2 Å². The summed E-state index contributed by atoms with van der Waals surface area (Å²) in [4.78, 5) is 15.0. The van der Waals surface area contributed by atoms with E-state index in [1.165, 1.54) is 0 Å². The number of halogens is 1. The summed E-state index contributed by atoms with van der Waals surface area (Å²) >= 11 is 3.45. The Hall–Kier alpha value is -1.81. The van der Waals surface area contributed by atoms with Crippen LogP contribution < -0.4 is 5.73 Å². The number of nitrogens with two attached hydrogens (primary N) is 1. The van der Waals surface area contributed by atoms with Crippen molar-refractivity contribution in [2.45, 2.75) is 6.92 Å². The molecule has 0 fully saturated rings. The maximum Gasteiger partial charge on any atom is 0.161 e. The van der Waals surface area contributed by atoms with Crippen molar-refractivity contribution in [1.82, 2.24) is 4.98 Å². The van der Waals surface area contributed by atoms with Crippen LogP contribution in [0.2, 0.25) is 0 Å². The van der Waals surface area contributed by atoms with Crippen molar-refractivity contribution in [3.63, 3.8) is 0 Å². The monoisotopic (exact) mass is 302 g/mol. The molecule has 3 nitrogen and oxygen atoms in total. The van der Waals surface area contributed by atoms with Crippen LogP contribution in [0.5, 0.6) is 0 Å². The third-order valence-electron chi connectivity index (χ3n) is 3.08. The van der Waals surface area contributed by atoms with Gasteiger partial charge < -0.3 is 10.7 Å². The first-order valence-corrected chi connectivity index (χ1v) is 6.37. The Morgan fingerprint density at radius 3 is 2.72 bits per heavy atom. The number of H-pyrrole nitrogens is 1. The number of fused-ring (bicyclic) bond motifs is 3. The standard InChI is InChI=1S/C14H11BrN2O/c1-7(18)11-4-8(15)5-12-10-3-2-9(16)6-13(10)17-14(11)12/h2-6,17H,16H2,1H3. The summed E-state index contributed by atoms with van der Waals surface area (Å²) in [5.74, 6) is 0.0424. The van der Waals surface area contributed by atoms with Crippen LogP contribution in [0.4, 0.5) is 5.69 Å². The van der Waals surface area contributed by atoms with Crippen LogP contribution in [0.25, 0.3) is 21.8 Å². The molecule has 18 heavy (non-hydrogen) atoms. The molecule has 0 radical (unpaired) electrons. The van der Waals surface area contributed by atoms with Crippen molar-refractivity contribution in [1.29, 1.82) is 0 Å². The second-order valence-electron chi connectivity index (χ2n) is 4.36. The number of nitrogens with one attached hydrogen (secondary N) is 1. The van der Waals surface area contributed by atoms with E-state index >= 15 is 0 Å². The molecule has 1 aromatic heterocycles. The lowest BCUT2D eigenvalue weighted by atomic mass is 10.1. The fourth-order valence-electron chi connectivity index (χ4n) is 2.27. The molecule has 0 spiro atoms. The Labute approximate surface area is 112 Å². The second kappa shape index (κ2) is 3.85. The van der Waals surface area contributed by atoms with E-state index in [4.69, 9.17) is 5.73 Å². The summed E-state index contributed by atoms with van der Waals surface area (Å²) in [5.41, 5.74) is 8.99. The van der Waals surface area contributed by atoms with Gasteiger partial charge in [-0.1, -0.05) is 22.0 Å². The number of hydrogen-bond acceptors (Lipinski definition) is 2. The lowest BCUT2D eigenvalue weighted by Crippen LogP contribution is -1.93. The molecule has 0 saturated carbocycles. The van der Waals surface area contributed by atoms with E-state index in [1.54, 1.807) is 6.92 Å². The van der Waals surface area contributed by atoms with E-state index in [2.05, 4.69) is 20.9 Å². The first-order chi connectivity index (χ1) is 8.56. The van der Waals surface area contributed by atoms with Gasteiger partial charge in [0.2, 0.25) is 0 Å². The smallest absolute Gasteiger partial charge is 0.161 e. The molecule has 0 aliphatic rings. The molecule has 90 valence electrons. The van der Waals surface area contributed by atoms with Crippen molar-refractivity contribution in [3.05, 3.63) is 40.4 Å². The summed E-state index contributed by atoms with van der Waals surface area (Å²) in [6.07, 6.45) is 0. The largest absolute Gasteiger partial charge is 0.399 e. The normalized spacial score (nSPS) is 11.2. The number of hydrogen-bond donors (Lipinski definition) is 2. The number of anilines is 1. The van der Waals surface area contributed by atoms with Gasteiger partial charge >= 0.3 is 0 Å². The number of carbonyl (C=O) groups is 1. The van der Waals surface area contributed by atoms with Gasteiger partial charge in [0.05, 0.1) is 5.52 Å². The van der Waals surface area contributed by atoms with E-state index in [1.807, 2.05) is 30.3 Å². The van der Waals surface area contributed by atoms with Gasteiger partial charge in [-0.25, -0.2) is 0 Å². The Morgan fingerprint density at radius 1 is 1.22 bits per heavy atom. The number of Topliss-reactive ketones (excluding diaryl/α,β-unsaturated/α-hetero) is 1. The van der Waals surface area contributed by atoms with Gasteiger partial charge in [0.15, 0.2) is 5.78 Å². The van der Waals surface area contributed by atoms with Crippen LogP contribution in [0, 0.1) is 0 Å².